The molecular weight excluding hydrogens is 488 g/mol. The lowest BCUT2D eigenvalue weighted by Crippen LogP contribution is -2.18. The Kier molecular flexibility index (Phi) is 5.81. The zero-order valence-corrected chi connectivity index (χ0v) is 18.6. The molecule has 0 aliphatic heterocycles. The molecule has 3 aromatic carbocycles. The van der Waals surface area contributed by atoms with Crippen LogP contribution in [0.4, 0.5) is 11.4 Å². The number of nitro groups is 1. The van der Waals surface area contributed by atoms with E-state index in [0.29, 0.717) is 0 Å². The molecule has 0 amide bonds. The van der Waals surface area contributed by atoms with Crippen molar-refractivity contribution in [2.75, 3.05) is 4.72 Å². The molecule has 11 nitrogen and oxygen atoms in total. The molecule has 4 rings (SSSR count). The van der Waals surface area contributed by atoms with E-state index in [-0.39, 0.29) is 21.6 Å². The second kappa shape index (κ2) is 8.61. The highest BCUT2D eigenvalue weighted by Gasteiger charge is 2.22. The Morgan fingerprint density at radius 1 is 0.853 bits per heavy atom. The Hall–Kier alpha value is -4.23. The van der Waals surface area contributed by atoms with E-state index in [2.05, 4.69) is 0 Å². The molecule has 174 valence electrons. The van der Waals surface area contributed by atoms with E-state index in [1.54, 1.807) is 6.07 Å². The van der Waals surface area contributed by atoms with Crippen LogP contribution in [0.2, 0.25) is 0 Å². The van der Waals surface area contributed by atoms with Gasteiger partial charge in [0.25, 0.3) is 15.7 Å². The quantitative estimate of drug-likeness (QED) is 0.173. The van der Waals surface area contributed by atoms with Crippen LogP contribution in [0.1, 0.15) is 0 Å². The lowest BCUT2D eigenvalue weighted by atomic mass is 10.2. The van der Waals surface area contributed by atoms with Crippen LogP contribution in [0.3, 0.4) is 0 Å². The SMILES string of the molecule is O=c1oc2c(OS(=O)(=O)c3ccccc3)cccc2cc1NS(=O)(=O)c1cccc([N+](=O)[O-])c1. The topological polar surface area (TPSA) is 163 Å². The van der Waals surface area contributed by atoms with E-state index < -0.39 is 47.0 Å². The van der Waals surface area contributed by atoms with Gasteiger partial charge < -0.3 is 8.60 Å². The van der Waals surface area contributed by atoms with Crippen molar-refractivity contribution in [1.82, 2.24) is 0 Å². The lowest BCUT2D eigenvalue weighted by molar-refractivity contribution is -0.385. The lowest BCUT2D eigenvalue weighted by Gasteiger charge is -2.10. The summed E-state index contributed by atoms with van der Waals surface area (Å²) in [6, 6.07) is 16.9. The summed E-state index contributed by atoms with van der Waals surface area (Å²) in [6.45, 7) is 0. The smallest absolute Gasteiger partial charge is 0.360 e. The van der Waals surface area contributed by atoms with Crippen LogP contribution >= 0.6 is 0 Å². The zero-order chi connectivity index (χ0) is 24.5. The second-order valence-corrected chi connectivity index (χ2v) is 10.1. The number of sulfonamides is 1. The number of hydrogen-bond donors (Lipinski definition) is 1. The highest BCUT2D eigenvalue weighted by atomic mass is 32.2. The fourth-order valence-electron chi connectivity index (χ4n) is 2.98. The van der Waals surface area contributed by atoms with Gasteiger partial charge in [-0.1, -0.05) is 36.4 Å². The fourth-order valence-corrected chi connectivity index (χ4v) is 5.01. The first-order valence-electron chi connectivity index (χ1n) is 9.40. The van der Waals surface area contributed by atoms with Crippen molar-refractivity contribution in [3.63, 3.8) is 0 Å². The standard InChI is InChI=1S/C21H14N2O9S2/c24-21-18(22-33(27,28)17-10-5-7-15(13-17)23(25)26)12-14-6-4-11-19(20(14)31-21)32-34(29,30)16-8-2-1-3-9-16/h1-13,22H. The Labute approximate surface area is 192 Å². The Morgan fingerprint density at radius 2 is 1.53 bits per heavy atom. The van der Waals surface area contributed by atoms with Gasteiger partial charge in [0, 0.05) is 17.5 Å². The number of benzene rings is 3. The van der Waals surface area contributed by atoms with Crippen LogP contribution in [0.25, 0.3) is 11.0 Å². The average Bonchev–Trinajstić information content (AvgIpc) is 2.80. The molecule has 4 aromatic rings. The molecule has 0 atom stereocenters. The van der Waals surface area contributed by atoms with Gasteiger partial charge in [0.1, 0.15) is 10.6 Å². The van der Waals surface area contributed by atoms with E-state index >= 15 is 0 Å². The molecule has 0 radical (unpaired) electrons. The first kappa shape index (κ1) is 22.9. The van der Waals surface area contributed by atoms with Gasteiger partial charge in [-0.15, -0.1) is 0 Å². The maximum Gasteiger partial charge on any atom is 0.360 e. The van der Waals surface area contributed by atoms with E-state index in [4.69, 9.17) is 8.60 Å². The molecule has 1 aromatic heterocycles. The largest absolute Gasteiger partial charge is 0.417 e. The minimum atomic E-state index is -4.38. The Bertz CT molecular complexity index is 1680. The highest BCUT2D eigenvalue weighted by Crippen LogP contribution is 2.29. The number of nitro benzene ring substituents is 1. The molecule has 0 aliphatic rings. The minimum absolute atomic E-state index is 0.115. The summed E-state index contributed by atoms with van der Waals surface area (Å²) in [4.78, 5) is 22.1. The summed E-state index contributed by atoms with van der Waals surface area (Å²) in [5.74, 6) is -0.272. The summed E-state index contributed by atoms with van der Waals surface area (Å²) in [7, 11) is -8.61. The van der Waals surface area contributed by atoms with Gasteiger partial charge in [0.15, 0.2) is 11.3 Å². The Balaban J connectivity index is 1.71. The maximum atomic E-state index is 12.7. The van der Waals surface area contributed by atoms with Gasteiger partial charge in [-0.3, -0.25) is 14.8 Å². The molecule has 1 heterocycles. The monoisotopic (exact) mass is 502 g/mol. The maximum absolute atomic E-state index is 12.7. The van der Waals surface area contributed by atoms with Crippen molar-refractivity contribution in [3.8, 4) is 5.75 Å². The first-order chi connectivity index (χ1) is 16.1. The van der Waals surface area contributed by atoms with Crippen LogP contribution in [0, 0.1) is 10.1 Å². The summed E-state index contributed by atoms with van der Waals surface area (Å²) in [6.07, 6.45) is 0. The third-order valence-corrected chi connectivity index (χ3v) is 7.15. The fraction of sp³-hybridized carbons (Fsp3) is 0. The van der Waals surface area contributed by atoms with Crippen LogP contribution in [0.15, 0.2) is 97.9 Å². The molecule has 0 bridgehead atoms. The predicted octanol–water partition coefficient (Wildman–Crippen LogP) is 3.27. The van der Waals surface area contributed by atoms with E-state index in [9.17, 15) is 31.7 Å². The van der Waals surface area contributed by atoms with Crippen LogP contribution in [-0.4, -0.2) is 21.8 Å². The van der Waals surface area contributed by atoms with Gasteiger partial charge in [0.2, 0.25) is 0 Å². The molecule has 0 saturated heterocycles. The minimum Gasteiger partial charge on any atom is -0.417 e. The normalized spacial score (nSPS) is 11.8. The summed E-state index contributed by atoms with van der Waals surface area (Å²) >= 11 is 0. The number of hydrogen-bond acceptors (Lipinski definition) is 9. The molecular formula is C21H14N2O9S2. The number of para-hydroxylation sites is 1. The van der Waals surface area contributed by atoms with Crippen LogP contribution in [0.5, 0.6) is 5.75 Å². The number of nitrogens with zero attached hydrogens (tertiary/aromatic N) is 1. The van der Waals surface area contributed by atoms with Crippen molar-refractivity contribution in [2.45, 2.75) is 9.79 Å². The molecule has 34 heavy (non-hydrogen) atoms. The van der Waals surface area contributed by atoms with Crippen molar-refractivity contribution >= 4 is 42.5 Å². The average molecular weight is 502 g/mol. The summed E-state index contributed by atoms with van der Waals surface area (Å²) in [5, 5.41) is 11.1. The first-order valence-corrected chi connectivity index (χ1v) is 12.3. The van der Waals surface area contributed by atoms with Crippen LogP contribution in [-0.2, 0) is 20.1 Å². The van der Waals surface area contributed by atoms with Gasteiger partial charge in [-0.25, -0.2) is 13.2 Å². The van der Waals surface area contributed by atoms with Crippen LogP contribution < -0.4 is 14.5 Å². The number of anilines is 1. The highest BCUT2D eigenvalue weighted by molar-refractivity contribution is 7.92. The molecule has 0 saturated carbocycles. The molecule has 0 spiro atoms. The summed E-state index contributed by atoms with van der Waals surface area (Å²) in [5.41, 5.74) is -2.28. The van der Waals surface area contributed by atoms with Crippen molar-refractivity contribution in [3.05, 3.63) is 99.4 Å². The molecule has 1 N–H and O–H groups in total. The van der Waals surface area contributed by atoms with Crippen molar-refractivity contribution < 1.29 is 30.4 Å². The number of fused-ring (bicyclic) bond motifs is 1. The van der Waals surface area contributed by atoms with Gasteiger partial charge in [0.05, 0.1) is 9.82 Å². The number of rotatable bonds is 7. The number of non-ortho nitro benzene ring substituents is 1. The third-order valence-electron chi connectivity index (χ3n) is 4.54. The van der Waals surface area contributed by atoms with Gasteiger partial charge in [-0.05, 0) is 30.3 Å². The summed E-state index contributed by atoms with van der Waals surface area (Å²) < 4.78 is 62.7. The van der Waals surface area contributed by atoms with Gasteiger partial charge in [-0.2, -0.15) is 8.42 Å². The third kappa shape index (κ3) is 4.60. The van der Waals surface area contributed by atoms with E-state index in [0.717, 1.165) is 24.3 Å². The van der Waals surface area contributed by atoms with Crippen molar-refractivity contribution in [1.29, 1.82) is 0 Å². The predicted molar refractivity (Wildman–Crippen MR) is 121 cm³/mol. The Morgan fingerprint density at radius 3 is 2.24 bits per heavy atom. The van der Waals surface area contributed by atoms with Gasteiger partial charge >= 0.3 is 15.7 Å². The number of nitrogens with one attached hydrogen (secondary N) is 1. The molecule has 0 fully saturated rings. The van der Waals surface area contributed by atoms with E-state index in [1.807, 2.05) is 4.72 Å². The molecule has 0 aliphatic carbocycles. The van der Waals surface area contributed by atoms with E-state index in [1.165, 1.54) is 48.5 Å². The molecule has 13 heteroatoms. The second-order valence-electron chi connectivity index (χ2n) is 6.83. The zero-order valence-electron chi connectivity index (χ0n) is 16.9. The molecule has 0 unspecified atom stereocenters. The van der Waals surface area contributed by atoms with Crippen molar-refractivity contribution in [2.24, 2.45) is 0 Å².